The molecule has 0 radical (unpaired) electrons. The molecule has 164 valence electrons. The summed E-state index contributed by atoms with van der Waals surface area (Å²) in [5.74, 6) is 0.581. The van der Waals surface area contributed by atoms with Crippen LogP contribution in [0.3, 0.4) is 0 Å². The van der Waals surface area contributed by atoms with Crippen LogP contribution in [0.4, 0.5) is 5.69 Å². The lowest BCUT2D eigenvalue weighted by Gasteiger charge is -2.20. The molecule has 2 atom stereocenters. The smallest absolute Gasteiger partial charge is 0.196 e. The summed E-state index contributed by atoms with van der Waals surface area (Å²) < 4.78 is 21.6. The van der Waals surface area contributed by atoms with Gasteiger partial charge in [0.1, 0.15) is 22.3 Å². The third-order valence-corrected chi connectivity index (χ3v) is 6.66. The highest BCUT2D eigenvalue weighted by atomic mass is 32.2. The molecule has 0 aliphatic carbocycles. The molecule has 3 aromatic carbocycles. The number of hydrogen-bond donors (Lipinski definition) is 2. The number of anilines is 1. The van der Waals surface area contributed by atoms with Gasteiger partial charge in [-0.25, -0.2) is 8.93 Å². The van der Waals surface area contributed by atoms with Crippen LogP contribution in [0.2, 0.25) is 0 Å². The maximum atomic E-state index is 13.3. The highest BCUT2D eigenvalue weighted by Crippen LogP contribution is 2.32. The first kappa shape index (κ1) is 22.0. The average molecular weight is 447 g/mol. The normalized spacial score (nSPS) is 13.1. The lowest BCUT2D eigenvalue weighted by Crippen LogP contribution is -2.16. The van der Waals surface area contributed by atoms with Crippen LogP contribution >= 0.6 is 0 Å². The Labute approximate surface area is 190 Å². The van der Waals surface area contributed by atoms with Crippen molar-refractivity contribution in [3.8, 4) is 11.3 Å². The number of nitrogens with one attached hydrogen (secondary N) is 2. The van der Waals surface area contributed by atoms with Crippen molar-refractivity contribution in [1.82, 2.24) is 4.72 Å². The van der Waals surface area contributed by atoms with Crippen molar-refractivity contribution in [2.24, 2.45) is 0 Å². The predicted octanol–water partition coefficient (Wildman–Crippen LogP) is 5.49. The zero-order chi connectivity index (χ0) is 22.8. The largest absolute Gasteiger partial charge is 0.455 e. The van der Waals surface area contributed by atoms with E-state index in [0.29, 0.717) is 27.2 Å². The fourth-order valence-corrected chi connectivity index (χ4v) is 4.67. The Kier molecular flexibility index (Phi) is 6.26. The van der Waals surface area contributed by atoms with Crippen molar-refractivity contribution < 1.29 is 8.63 Å². The van der Waals surface area contributed by atoms with Gasteiger partial charge < -0.3 is 9.73 Å². The summed E-state index contributed by atoms with van der Waals surface area (Å²) >= 11 is 0. The topological polar surface area (TPSA) is 71.3 Å². The highest BCUT2D eigenvalue weighted by molar-refractivity contribution is 7.83. The van der Waals surface area contributed by atoms with Crippen molar-refractivity contribution in [3.63, 3.8) is 0 Å². The maximum absolute atomic E-state index is 13.3. The summed E-state index contributed by atoms with van der Waals surface area (Å²) in [4.78, 5) is 13.9. The Balaban J connectivity index is 1.87. The van der Waals surface area contributed by atoms with Gasteiger partial charge >= 0.3 is 0 Å². The molecule has 1 heterocycles. The minimum atomic E-state index is -1.33. The molecule has 0 aliphatic heterocycles. The van der Waals surface area contributed by atoms with Crippen molar-refractivity contribution in [3.05, 3.63) is 93.6 Å². The molecular weight excluding hydrogens is 420 g/mol. The number of hydrogen-bond acceptors (Lipinski definition) is 4. The first-order valence-electron chi connectivity index (χ1n) is 10.5. The molecule has 2 unspecified atom stereocenters. The van der Waals surface area contributed by atoms with Crippen molar-refractivity contribution in [2.75, 3.05) is 12.4 Å². The van der Waals surface area contributed by atoms with Gasteiger partial charge in [-0.2, -0.15) is 0 Å². The molecule has 6 heteroatoms. The Bertz CT molecular complexity index is 1360. The number of rotatable bonds is 6. The van der Waals surface area contributed by atoms with Crippen LogP contribution in [0, 0.1) is 13.8 Å². The van der Waals surface area contributed by atoms with Crippen LogP contribution in [0.15, 0.2) is 80.8 Å². The van der Waals surface area contributed by atoms with Crippen LogP contribution in [0.1, 0.15) is 29.7 Å². The molecule has 0 fully saturated rings. The third kappa shape index (κ3) is 4.11. The van der Waals surface area contributed by atoms with Gasteiger partial charge in [0.2, 0.25) is 0 Å². The van der Waals surface area contributed by atoms with Gasteiger partial charge in [0.05, 0.1) is 22.0 Å². The van der Waals surface area contributed by atoms with Crippen LogP contribution in [0.5, 0.6) is 0 Å². The number of para-hydroxylation sites is 1. The van der Waals surface area contributed by atoms with E-state index in [1.165, 1.54) is 0 Å². The van der Waals surface area contributed by atoms with Crippen LogP contribution in [-0.4, -0.2) is 11.3 Å². The second-order valence-electron chi connectivity index (χ2n) is 7.82. The van der Waals surface area contributed by atoms with E-state index >= 15 is 0 Å². The summed E-state index contributed by atoms with van der Waals surface area (Å²) in [6.45, 7) is 5.79. The fraction of sp³-hybridized carbons (Fsp3) is 0.192. The fourth-order valence-electron chi connectivity index (χ4n) is 3.92. The standard InChI is InChI=1S/C26H26N2O3S/c1-16-14-20(18(3)28-22-12-8-9-13-23(22)32(30)27-4)26-21(15-16)24(29)17(2)25(31-26)19-10-6-5-7-11-19/h5-15,18,27-28H,1-4H3. The van der Waals surface area contributed by atoms with E-state index in [0.717, 1.165) is 22.4 Å². The molecule has 32 heavy (non-hydrogen) atoms. The number of aryl methyl sites for hydroxylation is 1. The van der Waals surface area contributed by atoms with E-state index in [1.54, 1.807) is 14.0 Å². The minimum Gasteiger partial charge on any atom is -0.455 e. The predicted molar refractivity (Wildman–Crippen MR) is 131 cm³/mol. The molecule has 0 saturated carbocycles. The molecule has 4 rings (SSSR count). The van der Waals surface area contributed by atoms with Crippen molar-refractivity contribution in [1.29, 1.82) is 0 Å². The zero-order valence-corrected chi connectivity index (χ0v) is 19.4. The molecule has 0 saturated heterocycles. The molecule has 1 aromatic heterocycles. The van der Waals surface area contributed by atoms with Crippen LogP contribution < -0.4 is 15.5 Å². The number of benzene rings is 3. The van der Waals surface area contributed by atoms with Gasteiger partial charge in [0.15, 0.2) is 5.43 Å². The zero-order valence-electron chi connectivity index (χ0n) is 18.6. The van der Waals surface area contributed by atoms with Gasteiger partial charge in [0.25, 0.3) is 0 Å². The minimum absolute atomic E-state index is 0.0288. The van der Waals surface area contributed by atoms with E-state index in [4.69, 9.17) is 4.42 Å². The van der Waals surface area contributed by atoms with Gasteiger partial charge in [0, 0.05) is 16.7 Å². The summed E-state index contributed by atoms with van der Waals surface area (Å²) in [7, 11) is 0.332. The second-order valence-corrected chi connectivity index (χ2v) is 9.20. The van der Waals surface area contributed by atoms with E-state index in [9.17, 15) is 9.00 Å². The van der Waals surface area contributed by atoms with Gasteiger partial charge in [-0.3, -0.25) is 4.79 Å². The maximum Gasteiger partial charge on any atom is 0.196 e. The molecular formula is C26H26N2O3S. The summed E-state index contributed by atoms with van der Waals surface area (Å²) in [6, 6.07) is 20.9. The Hall–Kier alpha value is -3.22. The SMILES string of the molecule is CNS(=O)c1ccccc1NC(C)c1cc(C)cc2c(=O)c(C)c(-c3ccccc3)oc12. The molecule has 0 amide bonds. The quantitative estimate of drug-likeness (QED) is 0.411. The van der Waals surface area contributed by atoms with E-state index in [1.807, 2.05) is 80.6 Å². The van der Waals surface area contributed by atoms with Crippen molar-refractivity contribution >= 4 is 27.6 Å². The molecule has 0 aliphatic rings. The van der Waals surface area contributed by atoms with Crippen LogP contribution in [0.25, 0.3) is 22.3 Å². The van der Waals surface area contributed by atoms with E-state index in [-0.39, 0.29) is 11.5 Å². The summed E-state index contributed by atoms with van der Waals surface area (Å²) in [5, 5.41) is 4.03. The van der Waals surface area contributed by atoms with Gasteiger partial charge in [-0.1, -0.05) is 48.5 Å². The molecule has 5 nitrogen and oxygen atoms in total. The lowest BCUT2D eigenvalue weighted by molar-refractivity contribution is 0.605. The summed E-state index contributed by atoms with van der Waals surface area (Å²) in [5.41, 5.74) is 4.62. The Morgan fingerprint density at radius 3 is 2.38 bits per heavy atom. The Morgan fingerprint density at radius 2 is 1.66 bits per heavy atom. The van der Waals surface area contributed by atoms with Gasteiger partial charge in [-0.15, -0.1) is 0 Å². The molecule has 2 N–H and O–H groups in total. The molecule has 4 aromatic rings. The first-order valence-corrected chi connectivity index (χ1v) is 11.6. The number of fused-ring (bicyclic) bond motifs is 1. The second kappa shape index (κ2) is 9.10. The van der Waals surface area contributed by atoms with Gasteiger partial charge in [-0.05, 0) is 51.6 Å². The Morgan fingerprint density at radius 1 is 0.969 bits per heavy atom. The monoisotopic (exact) mass is 446 g/mol. The van der Waals surface area contributed by atoms with E-state index < -0.39 is 11.0 Å². The van der Waals surface area contributed by atoms with Crippen molar-refractivity contribution in [2.45, 2.75) is 31.7 Å². The highest BCUT2D eigenvalue weighted by Gasteiger charge is 2.20. The third-order valence-electron chi connectivity index (χ3n) is 5.54. The molecule has 0 bridgehead atoms. The lowest BCUT2D eigenvalue weighted by atomic mass is 9.99. The van der Waals surface area contributed by atoms with Crippen LogP contribution in [-0.2, 0) is 11.0 Å². The molecule has 0 spiro atoms. The van der Waals surface area contributed by atoms with E-state index in [2.05, 4.69) is 10.0 Å². The average Bonchev–Trinajstić information content (AvgIpc) is 2.81. The summed E-state index contributed by atoms with van der Waals surface area (Å²) in [6.07, 6.45) is 0. The first-order chi connectivity index (χ1) is 15.4.